The number of nitrogens with zero attached hydrogens (tertiary/aromatic N) is 1. The first kappa shape index (κ1) is 14.7. The fraction of sp³-hybridized carbons (Fsp3) is 0.692. The molecule has 0 saturated carbocycles. The number of carboxylic acid groups (broad SMARTS) is 1. The van der Waals surface area contributed by atoms with Gasteiger partial charge in [-0.15, -0.1) is 0 Å². The monoisotopic (exact) mass is 255 g/mol. The van der Waals surface area contributed by atoms with Gasteiger partial charge in [0, 0.05) is 31.3 Å². The van der Waals surface area contributed by atoms with Crippen LogP contribution in [0.5, 0.6) is 0 Å². The SMILES string of the molecule is COC1CN(C(=O)C(C)=C(C)C(=O)O)CCC1C. The van der Waals surface area contributed by atoms with Gasteiger partial charge in [0.1, 0.15) is 0 Å². The van der Waals surface area contributed by atoms with E-state index in [9.17, 15) is 9.59 Å². The summed E-state index contributed by atoms with van der Waals surface area (Å²) in [6.07, 6.45) is 0.907. The van der Waals surface area contributed by atoms with Crippen LogP contribution in [0, 0.1) is 5.92 Å². The van der Waals surface area contributed by atoms with E-state index in [1.54, 1.807) is 18.9 Å². The normalized spacial score (nSPS) is 25.7. The molecule has 1 aliphatic rings. The molecule has 0 aromatic carbocycles. The summed E-state index contributed by atoms with van der Waals surface area (Å²) in [6.45, 7) is 6.30. The lowest BCUT2D eigenvalue weighted by molar-refractivity contribution is -0.135. The van der Waals surface area contributed by atoms with Gasteiger partial charge in [0.2, 0.25) is 5.91 Å². The fourth-order valence-corrected chi connectivity index (χ4v) is 2.08. The molecule has 0 aromatic heterocycles. The molecule has 1 rings (SSSR count). The second kappa shape index (κ2) is 6.00. The summed E-state index contributed by atoms with van der Waals surface area (Å²) in [6, 6.07) is 0. The van der Waals surface area contributed by atoms with Gasteiger partial charge in [-0.05, 0) is 26.2 Å². The summed E-state index contributed by atoms with van der Waals surface area (Å²) in [5, 5.41) is 8.89. The molecule has 0 bridgehead atoms. The van der Waals surface area contributed by atoms with Gasteiger partial charge in [-0.3, -0.25) is 4.79 Å². The second-order valence-electron chi connectivity index (χ2n) is 4.85. The van der Waals surface area contributed by atoms with Gasteiger partial charge in [0.15, 0.2) is 0 Å². The molecule has 2 unspecified atom stereocenters. The molecule has 1 heterocycles. The van der Waals surface area contributed by atoms with Crippen molar-refractivity contribution in [1.82, 2.24) is 4.90 Å². The number of ether oxygens (including phenoxy) is 1. The zero-order valence-electron chi connectivity index (χ0n) is 11.4. The average molecular weight is 255 g/mol. The smallest absolute Gasteiger partial charge is 0.331 e. The molecule has 0 aromatic rings. The minimum absolute atomic E-state index is 0.0284. The average Bonchev–Trinajstić information content (AvgIpc) is 2.36. The van der Waals surface area contributed by atoms with E-state index in [-0.39, 0.29) is 17.6 Å². The van der Waals surface area contributed by atoms with E-state index >= 15 is 0 Å². The molecular weight excluding hydrogens is 234 g/mol. The summed E-state index contributed by atoms with van der Waals surface area (Å²) in [5.74, 6) is -0.831. The predicted molar refractivity (Wildman–Crippen MR) is 67.2 cm³/mol. The summed E-state index contributed by atoms with van der Waals surface area (Å²) < 4.78 is 5.35. The maximum Gasteiger partial charge on any atom is 0.331 e. The predicted octanol–water partition coefficient (Wildman–Crippen LogP) is 1.29. The number of carbonyl (C=O) groups is 2. The zero-order valence-corrected chi connectivity index (χ0v) is 11.4. The van der Waals surface area contributed by atoms with Crippen LogP contribution in [0.2, 0.25) is 0 Å². The molecule has 18 heavy (non-hydrogen) atoms. The molecular formula is C13H21NO4. The molecule has 1 aliphatic heterocycles. The van der Waals surface area contributed by atoms with Gasteiger partial charge in [-0.2, -0.15) is 0 Å². The standard InChI is InChI=1S/C13H21NO4/c1-8-5-6-14(7-11(8)18-4)12(15)9(2)10(3)13(16)17/h8,11H,5-7H2,1-4H3,(H,16,17). The number of carbonyl (C=O) groups excluding carboxylic acids is 1. The van der Waals surface area contributed by atoms with E-state index < -0.39 is 5.97 Å². The number of hydrogen-bond acceptors (Lipinski definition) is 3. The van der Waals surface area contributed by atoms with Gasteiger partial charge in [-0.1, -0.05) is 6.92 Å². The van der Waals surface area contributed by atoms with Crippen molar-refractivity contribution >= 4 is 11.9 Å². The Morgan fingerprint density at radius 1 is 1.28 bits per heavy atom. The number of rotatable bonds is 3. The molecule has 5 heteroatoms. The van der Waals surface area contributed by atoms with Gasteiger partial charge in [0.25, 0.3) is 0 Å². The van der Waals surface area contributed by atoms with Gasteiger partial charge in [-0.25, -0.2) is 4.79 Å². The number of amides is 1. The first-order valence-corrected chi connectivity index (χ1v) is 6.11. The van der Waals surface area contributed by atoms with Crippen molar-refractivity contribution in [2.75, 3.05) is 20.2 Å². The van der Waals surface area contributed by atoms with Crippen molar-refractivity contribution in [3.8, 4) is 0 Å². The molecule has 2 atom stereocenters. The molecule has 102 valence electrons. The third kappa shape index (κ3) is 3.10. The third-order valence-electron chi connectivity index (χ3n) is 3.68. The van der Waals surface area contributed by atoms with Gasteiger partial charge in [0.05, 0.1) is 6.10 Å². The maximum absolute atomic E-state index is 12.2. The molecule has 1 amide bonds. The van der Waals surface area contributed by atoms with Crippen molar-refractivity contribution in [3.05, 3.63) is 11.1 Å². The number of piperidine rings is 1. The summed E-state index contributed by atoms with van der Waals surface area (Å²) in [5.41, 5.74) is 0.402. The van der Waals surface area contributed by atoms with Crippen LogP contribution in [0.25, 0.3) is 0 Å². The number of carboxylic acids is 1. The maximum atomic E-state index is 12.2. The molecule has 1 saturated heterocycles. The highest BCUT2D eigenvalue weighted by Gasteiger charge is 2.30. The van der Waals surface area contributed by atoms with Gasteiger partial charge < -0.3 is 14.7 Å². The van der Waals surface area contributed by atoms with Crippen LogP contribution in [0.15, 0.2) is 11.1 Å². The van der Waals surface area contributed by atoms with Crippen molar-refractivity contribution < 1.29 is 19.4 Å². The second-order valence-corrected chi connectivity index (χ2v) is 4.85. The third-order valence-corrected chi connectivity index (χ3v) is 3.68. The first-order chi connectivity index (χ1) is 8.38. The van der Waals surface area contributed by atoms with Crippen LogP contribution in [0.4, 0.5) is 0 Å². The Balaban J connectivity index is 2.80. The highest BCUT2D eigenvalue weighted by Crippen LogP contribution is 2.21. The van der Waals surface area contributed by atoms with E-state index in [1.807, 2.05) is 0 Å². The van der Waals surface area contributed by atoms with Crippen molar-refractivity contribution in [2.45, 2.75) is 33.3 Å². The van der Waals surface area contributed by atoms with Crippen molar-refractivity contribution in [3.63, 3.8) is 0 Å². The quantitative estimate of drug-likeness (QED) is 0.772. The van der Waals surface area contributed by atoms with E-state index in [4.69, 9.17) is 9.84 Å². The summed E-state index contributed by atoms with van der Waals surface area (Å²) in [7, 11) is 1.64. The lowest BCUT2D eigenvalue weighted by Crippen LogP contribution is -2.47. The Bertz CT molecular complexity index is 375. The number of methoxy groups -OCH3 is 1. The van der Waals surface area contributed by atoms with E-state index in [0.717, 1.165) is 6.42 Å². The van der Waals surface area contributed by atoms with Crippen LogP contribution >= 0.6 is 0 Å². The first-order valence-electron chi connectivity index (χ1n) is 6.11. The van der Waals surface area contributed by atoms with Crippen molar-refractivity contribution in [2.24, 2.45) is 5.92 Å². The minimum atomic E-state index is -1.05. The van der Waals surface area contributed by atoms with E-state index in [2.05, 4.69) is 6.92 Å². The zero-order chi connectivity index (χ0) is 13.9. The Morgan fingerprint density at radius 3 is 2.39 bits per heavy atom. The Morgan fingerprint density at radius 2 is 1.89 bits per heavy atom. The van der Waals surface area contributed by atoms with Crippen molar-refractivity contribution in [1.29, 1.82) is 0 Å². The largest absolute Gasteiger partial charge is 0.478 e. The number of aliphatic carboxylic acids is 1. The molecule has 1 N–H and O–H groups in total. The van der Waals surface area contributed by atoms with Crippen LogP contribution in [-0.4, -0.2) is 48.2 Å². The fourth-order valence-electron chi connectivity index (χ4n) is 2.08. The minimum Gasteiger partial charge on any atom is -0.478 e. The molecule has 0 spiro atoms. The van der Waals surface area contributed by atoms with E-state index in [1.165, 1.54) is 6.92 Å². The highest BCUT2D eigenvalue weighted by atomic mass is 16.5. The molecule has 5 nitrogen and oxygen atoms in total. The van der Waals surface area contributed by atoms with Crippen LogP contribution in [-0.2, 0) is 14.3 Å². The molecule has 0 radical (unpaired) electrons. The van der Waals surface area contributed by atoms with Gasteiger partial charge >= 0.3 is 5.97 Å². The number of likely N-dealkylation sites (tertiary alicyclic amines) is 1. The van der Waals surface area contributed by atoms with Crippen LogP contribution in [0.1, 0.15) is 27.2 Å². The summed E-state index contributed by atoms with van der Waals surface area (Å²) >= 11 is 0. The summed E-state index contributed by atoms with van der Waals surface area (Å²) in [4.78, 5) is 24.7. The highest BCUT2D eigenvalue weighted by molar-refractivity contribution is 6.01. The van der Waals surface area contributed by atoms with Crippen LogP contribution < -0.4 is 0 Å². The Hall–Kier alpha value is -1.36. The topological polar surface area (TPSA) is 66.8 Å². The van der Waals surface area contributed by atoms with Crippen LogP contribution in [0.3, 0.4) is 0 Å². The molecule has 0 aliphatic carbocycles. The lowest BCUT2D eigenvalue weighted by Gasteiger charge is -2.36. The Labute approximate surface area is 107 Å². The van der Waals surface area contributed by atoms with E-state index in [0.29, 0.717) is 24.6 Å². The lowest BCUT2D eigenvalue weighted by atomic mass is 9.95. The number of hydrogen-bond donors (Lipinski definition) is 1. The Kier molecular flexibility index (Phi) is 4.90. The molecule has 1 fully saturated rings.